The third kappa shape index (κ3) is 5.49. The first-order valence-corrected chi connectivity index (χ1v) is 10.9. The molecule has 152 valence electrons. The van der Waals surface area contributed by atoms with E-state index in [1.165, 1.54) is 30.4 Å². The molecule has 0 aliphatic heterocycles. The van der Waals surface area contributed by atoms with Crippen molar-refractivity contribution in [1.82, 2.24) is 5.32 Å². The monoisotopic (exact) mass is 373 g/mol. The number of benzene rings is 1. The van der Waals surface area contributed by atoms with E-state index in [2.05, 4.69) is 46.0 Å². The first kappa shape index (κ1) is 21.8. The normalized spacial score (nSPS) is 21.7. The van der Waals surface area contributed by atoms with Crippen molar-refractivity contribution < 1.29 is 9.53 Å². The van der Waals surface area contributed by atoms with Gasteiger partial charge in [-0.2, -0.15) is 0 Å². The van der Waals surface area contributed by atoms with Gasteiger partial charge in [-0.15, -0.1) is 0 Å². The van der Waals surface area contributed by atoms with E-state index in [9.17, 15) is 4.79 Å². The van der Waals surface area contributed by atoms with Crippen LogP contribution in [-0.4, -0.2) is 11.6 Å². The lowest BCUT2D eigenvalue weighted by Gasteiger charge is -2.48. The number of aryl methyl sites for hydroxylation is 1. The molecule has 1 saturated carbocycles. The maximum atomic E-state index is 12.8. The first-order valence-electron chi connectivity index (χ1n) is 10.9. The highest BCUT2D eigenvalue weighted by Gasteiger charge is 2.44. The molecule has 0 radical (unpaired) electrons. The van der Waals surface area contributed by atoms with Crippen molar-refractivity contribution in [2.75, 3.05) is 0 Å². The Morgan fingerprint density at radius 3 is 2.37 bits per heavy atom. The van der Waals surface area contributed by atoms with E-state index in [1.54, 1.807) is 0 Å². The second-order valence-electron chi connectivity index (χ2n) is 9.04. The summed E-state index contributed by atoms with van der Waals surface area (Å²) in [5.74, 6) is 0.742. The van der Waals surface area contributed by atoms with Crippen molar-refractivity contribution in [3.05, 3.63) is 29.3 Å². The molecule has 1 unspecified atom stereocenters. The zero-order valence-electron chi connectivity index (χ0n) is 18.1. The van der Waals surface area contributed by atoms with Gasteiger partial charge in [-0.05, 0) is 68.1 Å². The van der Waals surface area contributed by atoms with Crippen LogP contribution in [0.25, 0.3) is 0 Å². The smallest absolute Gasteiger partial charge is 0.410 e. The van der Waals surface area contributed by atoms with Gasteiger partial charge in [-0.25, -0.2) is 4.79 Å². The largest absolute Gasteiger partial charge is 0.413 e. The summed E-state index contributed by atoms with van der Waals surface area (Å²) in [6.45, 7) is 11.1. The van der Waals surface area contributed by atoms with Crippen LogP contribution in [0.3, 0.4) is 0 Å². The third-order valence-electron chi connectivity index (χ3n) is 6.61. The molecule has 1 amide bonds. The summed E-state index contributed by atoms with van der Waals surface area (Å²) in [6, 6.07) is 6.17. The molecule has 3 heteroatoms. The van der Waals surface area contributed by atoms with Crippen LogP contribution in [0.15, 0.2) is 18.2 Å². The molecule has 3 nitrogen and oxygen atoms in total. The molecule has 1 N–H and O–H groups in total. The second-order valence-corrected chi connectivity index (χ2v) is 9.04. The Balaban J connectivity index is 2.16. The van der Waals surface area contributed by atoms with Crippen LogP contribution in [0.1, 0.15) is 97.1 Å². The lowest BCUT2D eigenvalue weighted by molar-refractivity contribution is 0.0768. The van der Waals surface area contributed by atoms with E-state index >= 15 is 0 Å². The third-order valence-corrected chi connectivity index (χ3v) is 6.61. The van der Waals surface area contributed by atoms with Crippen molar-refractivity contribution in [3.63, 3.8) is 0 Å². The van der Waals surface area contributed by atoms with Crippen LogP contribution in [-0.2, 0) is 12.8 Å². The predicted molar refractivity (Wildman–Crippen MR) is 113 cm³/mol. The molecule has 2 rings (SSSR count). The Hall–Kier alpha value is -1.51. The summed E-state index contributed by atoms with van der Waals surface area (Å²) in [6.07, 6.45) is 10.9. The van der Waals surface area contributed by atoms with Gasteiger partial charge in [0.2, 0.25) is 0 Å². The molecule has 1 atom stereocenters. The van der Waals surface area contributed by atoms with Gasteiger partial charge >= 0.3 is 6.09 Å². The second kappa shape index (κ2) is 9.61. The first-order chi connectivity index (χ1) is 12.8. The van der Waals surface area contributed by atoms with E-state index in [-0.39, 0.29) is 17.0 Å². The number of nitrogens with one attached hydrogen (secondary N) is 1. The van der Waals surface area contributed by atoms with Gasteiger partial charge in [-0.1, -0.05) is 65.5 Å². The fraction of sp³-hybridized carbons (Fsp3) is 0.708. The maximum Gasteiger partial charge on any atom is 0.413 e. The molecule has 1 aromatic carbocycles. The summed E-state index contributed by atoms with van der Waals surface area (Å²) < 4.78 is 5.87. The number of carbonyl (C=O) groups is 1. The van der Waals surface area contributed by atoms with Crippen LogP contribution >= 0.6 is 0 Å². The molecule has 0 saturated heterocycles. The van der Waals surface area contributed by atoms with E-state index < -0.39 is 0 Å². The minimum absolute atomic E-state index is 0.0816. The van der Waals surface area contributed by atoms with E-state index in [0.717, 1.165) is 50.7 Å². The van der Waals surface area contributed by atoms with Crippen LogP contribution in [0.4, 0.5) is 4.79 Å². The molecule has 1 aromatic rings. The molecular formula is C24H39NO2. The number of hydrogen-bond donors (Lipinski definition) is 1. The van der Waals surface area contributed by atoms with Gasteiger partial charge in [0.1, 0.15) is 5.75 Å². The maximum absolute atomic E-state index is 12.8. The van der Waals surface area contributed by atoms with Crippen molar-refractivity contribution in [3.8, 4) is 5.75 Å². The highest BCUT2D eigenvalue weighted by molar-refractivity contribution is 5.72. The van der Waals surface area contributed by atoms with Crippen molar-refractivity contribution in [2.45, 2.75) is 104 Å². The van der Waals surface area contributed by atoms with Gasteiger partial charge in [0.05, 0.1) is 0 Å². The number of carbonyl (C=O) groups excluding carboxylic acids is 1. The molecule has 0 bridgehead atoms. The van der Waals surface area contributed by atoms with Crippen molar-refractivity contribution in [2.24, 2.45) is 5.41 Å². The fourth-order valence-electron chi connectivity index (χ4n) is 4.19. The lowest BCUT2D eigenvalue weighted by Crippen LogP contribution is -2.58. The average molecular weight is 374 g/mol. The summed E-state index contributed by atoms with van der Waals surface area (Å²) in [4.78, 5) is 12.8. The number of amides is 1. The molecular weight excluding hydrogens is 334 g/mol. The van der Waals surface area contributed by atoms with Crippen LogP contribution < -0.4 is 10.1 Å². The van der Waals surface area contributed by atoms with Crippen LogP contribution in [0.5, 0.6) is 5.75 Å². The molecule has 0 spiro atoms. The van der Waals surface area contributed by atoms with Gasteiger partial charge in [0.25, 0.3) is 0 Å². The summed E-state index contributed by atoms with van der Waals surface area (Å²) in [5, 5.41) is 3.22. The molecule has 1 aliphatic carbocycles. The number of rotatable bonds is 8. The SMILES string of the molecule is CCCCc1cccc(OC(=O)NC2(C)CCCCC2(C)C)c1CCCC. The highest BCUT2D eigenvalue weighted by Crippen LogP contribution is 2.43. The van der Waals surface area contributed by atoms with Gasteiger partial charge < -0.3 is 10.1 Å². The molecule has 0 heterocycles. The van der Waals surface area contributed by atoms with Gasteiger partial charge in [-0.3, -0.25) is 0 Å². The Kier molecular flexibility index (Phi) is 7.76. The molecule has 0 aromatic heterocycles. The standard InChI is InChI=1S/C24H39NO2/c1-6-8-13-19-14-12-16-21(20(19)15-9-7-2)27-22(26)25-24(5)18-11-10-17-23(24,3)4/h12,14,16H,6-11,13,15,17-18H2,1-5H3,(H,25,26). The molecule has 1 aliphatic rings. The zero-order valence-corrected chi connectivity index (χ0v) is 18.1. The van der Waals surface area contributed by atoms with Crippen LogP contribution in [0.2, 0.25) is 0 Å². The topological polar surface area (TPSA) is 38.3 Å². The Morgan fingerprint density at radius 2 is 1.70 bits per heavy atom. The average Bonchev–Trinajstić information content (AvgIpc) is 2.61. The van der Waals surface area contributed by atoms with Gasteiger partial charge in [0, 0.05) is 5.54 Å². The Bertz CT molecular complexity index is 623. The van der Waals surface area contributed by atoms with Crippen molar-refractivity contribution in [1.29, 1.82) is 0 Å². The van der Waals surface area contributed by atoms with Crippen LogP contribution in [0, 0.1) is 5.41 Å². The Labute approximate surface area is 166 Å². The molecule has 27 heavy (non-hydrogen) atoms. The quantitative estimate of drug-likeness (QED) is 0.543. The van der Waals surface area contributed by atoms with E-state index in [4.69, 9.17) is 4.74 Å². The van der Waals surface area contributed by atoms with E-state index in [0.29, 0.717) is 0 Å². The summed E-state index contributed by atoms with van der Waals surface area (Å²) in [7, 11) is 0. The van der Waals surface area contributed by atoms with Gasteiger partial charge in [0.15, 0.2) is 0 Å². The highest BCUT2D eigenvalue weighted by atomic mass is 16.6. The summed E-state index contributed by atoms with van der Waals surface area (Å²) in [5.41, 5.74) is 2.42. The number of unbranched alkanes of at least 4 members (excludes halogenated alkanes) is 2. The summed E-state index contributed by atoms with van der Waals surface area (Å²) >= 11 is 0. The zero-order chi connectivity index (χ0) is 19.9. The number of hydrogen-bond acceptors (Lipinski definition) is 2. The minimum Gasteiger partial charge on any atom is -0.410 e. The predicted octanol–water partition coefficient (Wildman–Crippen LogP) is 6.82. The van der Waals surface area contributed by atoms with E-state index in [1.807, 2.05) is 12.1 Å². The fourth-order valence-corrected chi connectivity index (χ4v) is 4.19. The lowest BCUT2D eigenvalue weighted by atomic mass is 9.64. The molecule has 1 fully saturated rings. The minimum atomic E-state index is -0.308. The van der Waals surface area contributed by atoms with Crippen molar-refractivity contribution >= 4 is 6.09 Å². The number of ether oxygens (including phenoxy) is 1. The Morgan fingerprint density at radius 1 is 1.04 bits per heavy atom.